The molecule has 1 fully saturated rings. The number of Topliss-reactive ketones (excluding diaryl/α,β-unsaturated/α-hetero) is 2. The van der Waals surface area contributed by atoms with Crippen LogP contribution in [0.4, 0.5) is 0 Å². The Kier molecular flexibility index (Phi) is 3.13. The number of ketones is 2. The Labute approximate surface area is 110 Å². The summed E-state index contributed by atoms with van der Waals surface area (Å²) < 4.78 is 0. The second-order valence-corrected chi connectivity index (χ2v) is 4.84. The number of hydrogen-bond donors (Lipinski definition) is 1. The number of carbonyl (C=O) groups is 2. The zero-order valence-corrected chi connectivity index (χ0v) is 10.6. The molecule has 5 heteroatoms. The van der Waals surface area contributed by atoms with Crippen LogP contribution in [0.3, 0.4) is 0 Å². The monoisotopic (exact) mass is 257 g/mol. The number of pyridine rings is 1. The summed E-state index contributed by atoms with van der Waals surface area (Å²) in [5, 5.41) is 0.862. The van der Waals surface area contributed by atoms with Crippen molar-refractivity contribution >= 4 is 22.6 Å². The van der Waals surface area contributed by atoms with Crippen molar-refractivity contribution in [2.24, 2.45) is 0 Å². The van der Waals surface area contributed by atoms with E-state index in [0.29, 0.717) is 43.8 Å². The van der Waals surface area contributed by atoms with Crippen LogP contribution in [-0.2, 0) is 4.79 Å². The highest BCUT2D eigenvalue weighted by Crippen LogP contribution is 2.17. The Balaban J connectivity index is 1.75. The maximum absolute atomic E-state index is 12.3. The summed E-state index contributed by atoms with van der Waals surface area (Å²) in [5.41, 5.74) is 1.42. The van der Waals surface area contributed by atoms with Gasteiger partial charge in [-0.3, -0.25) is 14.5 Å². The number of carbonyl (C=O) groups excluding carboxylic acids is 2. The molecule has 0 saturated carbocycles. The first kappa shape index (κ1) is 12.0. The van der Waals surface area contributed by atoms with E-state index in [0.717, 1.165) is 11.0 Å². The largest absolute Gasteiger partial charge is 0.345 e. The molecule has 0 unspecified atom stereocenters. The van der Waals surface area contributed by atoms with E-state index in [1.54, 1.807) is 12.4 Å². The first-order valence-electron chi connectivity index (χ1n) is 6.43. The van der Waals surface area contributed by atoms with Crippen LogP contribution in [0.25, 0.3) is 11.0 Å². The van der Waals surface area contributed by atoms with Crippen LogP contribution in [0.5, 0.6) is 0 Å². The van der Waals surface area contributed by atoms with Gasteiger partial charge in [0.15, 0.2) is 5.78 Å². The fraction of sp³-hybridized carbons (Fsp3) is 0.357. The Bertz CT molecular complexity index is 622. The van der Waals surface area contributed by atoms with Gasteiger partial charge >= 0.3 is 0 Å². The predicted molar refractivity (Wildman–Crippen MR) is 71.1 cm³/mol. The van der Waals surface area contributed by atoms with Gasteiger partial charge in [0.2, 0.25) is 0 Å². The number of H-pyrrole nitrogens is 1. The first-order valence-corrected chi connectivity index (χ1v) is 6.43. The number of fused-ring (bicyclic) bond motifs is 1. The van der Waals surface area contributed by atoms with E-state index < -0.39 is 0 Å². The van der Waals surface area contributed by atoms with Crippen molar-refractivity contribution in [2.75, 3.05) is 19.6 Å². The van der Waals surface area contributed by atoms with Crippen LogP contribution in [0.15, 0.2) is 24.5 Å². The van der Waals surface area contributed by atoms with Gasteiger partial charge in [0.1, 0.15) is 11.4 Å². The summed E-state index contributed by atoms with van der Waals surface area (Å²) in [5.74, 6) is 0.369. The zero-order chi connectivity index (χ0) is 13.2. The minimum atomic E-state index is 0.0774. The lowest BCUT2D eigenvalue weighted by atomic mass is 10.1. The molecular formula is C14H15N3O2. The summed E-state index contributed by atoms with van der Waals surface area (Å²) in [6.07, 6.45) is 4.53. The quantitative estimate of drug-likeness (QED) is 0.844. The number of rotatable bonds is 3. The van der Waals surface area contributed by atoms with E-state index in [-0.39, 0.29) is 5.78 Å². The average molecular weight is 257 g/mol. The normalized spacial score (nSPS) is 16.9. The minimum Gasteiger partial charge on any atom is -0.345 e. The van der Waals surface area contributed by atoms with Crippen LogP contribution in [0, 0.1) is 0 Å². The molecule has 0 aliphatic carbocycles. The molecule has 0 amide bonds. The maximum Gasteiger partial charge on any atom is 0.179 e. The molecule has 0 spiro atoms. The van der Waals surface area contributed by atoms with Gasteiger partial charge in [0, 0.05) is 49.3 Å². The van der Waals surface area contributed by atoms with E-state index in [1.165, 1.54) is 0 Å². The minimum absolute atomic E-state index is 0.0774. The average Bonchev–Trinajstić information content (AvgIpc) is 2.85. The molecule has 2 aromatic heterocycles. The van der Waals surface area contributed by atoms with Gasteiger partial charge in [-0.2, -0.15) is 0 Å². The second kappa shape index (κ2) is 4.93. The summed E-state index contributed by atoms with van der Waals surface area (Å²) in [4.78, 5) is 32.7. The highest BCUT2D eigenvalue weighted by atomic mass is 16.1. The number of likely N-dealkylation sites (tertiary alicyclic amines) is 1. The molecule has 0 radical (unpaired) electrons. The van der Waals surface area contributed by atoms with Gasteiger partial charge in [0.25, 0.3) is 0 Å². The van der Waals surface area contributed by atoms with Gasteiger partial charge in [0.05, 0.1) is 6.54 Å². The smallest absolute Gasteiger partial charge is 0.179 e. The lowest BCUT2D eigenvalue weighted by Gasteiger charge is -2.24. The molecule has 5 nitrogen and oxygen atoms in total. The van der Waals surface area contributed by atoms with E-state index in [2.05, 4.69) is 9.97 Å². The first-order chi connectivity index (χ1) is 9.24. The molecule has 1 saturated heterocycles. The topological polar surface area (TPSA) is 66.1 Å². The van der Waals surface area contributed by atoms with Gasteiger partial charge in [-0.05, 0) is 12.1 Å². The maximum atomic E-state index is 12.3. The molecule has 0 bridgehead atoms. The van der Waals surface area contributed by atoms with Crippen LogP contribution in [-0.4, -0.2) is 46.1 Å². The van der Waals surface area contributed by atoms with Crippen LogP contribution in [0.1, 0.15) is 23.2 Å². The van der Waals surface area contributed by atoms with E-state index >= 15 is 0 Å². The molecule has 2 aromatic rings. The Hall–Kier alpha value is -2.01. The van der Waals surface area contributed by atoms with Gasteiger partial charge in [-0.25, -0.2) is 4.98 Å². The third kappa shape index (κ3) is 2.42. The summed E-state index contributed by atoms with van der Waals surface area (Å²) in [6, 6.07) is 3.72. The Morgan fingerprint density at radius 1 is 1.37 bits per heavy atom. The Morgan fingerprint density at radius 3 is 2.95 bits per heavy atom. The molecule has 0 aromatic carbocycles. The van der Waals surface area contributed by atoms with Crippen molar-refractivity contribution in [2.45, 2.75) is 12.8 Å². The molecular weight excluding hydrogens is 242 g/mol. The Morgan fingerprint density at radius 2 is 2.16 bits per heavy atom. The third-order valence-corrected chi connectivity index (χ3v) is 3.53. The predicted octanol–water partition coefficient (Wildman–Crippen LogP) is 1.41. The van der Waals surface area contributed by atoms with Crippen molar-refractivity contribution in [1.29, 1.82) is 0 Å². The van der Waals surface area contributed by atoms with E-state index in [4.69, 9.17) is 0 Å². The molecule has 98 valence electrons. The molecule has 3 heterocycles. The van der Waals surface area contributed by atoms with Gasteiger partial charge in [-0.1, -0.05) is 0 Å². The van der Waals surface area contributed by atoms with Gasteiger partial charge < -0.3 is 4.98 Å². The number of nitrogens with one attached hydrogen (secondary N) is 1. The fourth-order valence-corrected chi connectivity index (χ4v) is 2.44. The summed E-state index contributed by atoms with van der Waals surface area (Å²) in [6.45, 7) is 1.74. The van der Waals surface area contributed by atoms with E-state index in [1.807, 2.05) is 17.0 Å². The number of hydrogen-bond acceptors (Lipinski definition) is 4. The van der Waals surface area contributed by atoms with E-state index in [9.17, 15) is 9.59 Å². The molecule has 1 aliphatic rings. The van der Waals surface area contributed by atoms with Crippen LogP contribution in [0.2, 0.25) is 0 Å². The highest BCUT2D eigenvalue weighted by Gasteiger charge is 2.20. The standard InChI is InChI=1S/C14H15N3O2/c18-10-3-6-17(7-4-10)9-13(19)12-8-16-14-11(12)2-1-5-15-14/h1-2,5,8H,3-4,6-7,9H2,(H,15,16). The second-order valence-electron chi connectivity index (χ2n) is 4.84. The zero-order valence-electron chi connectivity index (χ0n) is 10.6. The highest BCUT2D eigenvalue weighted by molar-refractivity contribution is 6.08. The molecule has 0 atom stereocenters. The van der Waals surface area contributed by atoms with Gasteiger partial charge in [-0.15, -0.1) is 0 Å². The summed E-state index contributed by atoms with van der Waals surface area (Å²) in [7, 11) is 0. The number of piperidine rings is 1. The van der Waals surface area contributed by atoms with Crippen LogP contribution < -0.4 is 0 Å². The van der Waals surface area contributed by atoms with Crippen molar-refractivity contribution in [3.8, 4) is 0 Å². The number of nitrogens with zero attached hydrogens (tertiary/aromatic N) is 2. The summed E-state index contributed by atoms with van der Waals surface area (Å²) >= 11 is 0. The van der Waals surface area contributed by atoms with Crippen molar-refractivity contribution in [1.82, 2.24) is 14.9 Å². The molecule has 3 rings (SSSR count). The lowest BCUT2D eigenvalue weighted by Crippen LogP contribution is -2.37. The van der Waals surface area contributed by atoms with Crippen molar-refractivity contribution in [3.63, 3.8) is 0 Å². The molecule has 19 heavy (non-hydrogen) atoms. The SMILES string of the molecule is O=C1CCN(CC(=O)c2c[nH]c3ncccc23)CC1. The van der Waals surface area contributed by atoms with Crippen molar-refractivity contribution in [3.05, 3.63) is 30.1 Å². The molecule has 1 aliphatic heterocycles. The van der Waals surface area contributed by atoms with Crippen molar-refractivity contribution < 1.29 is 9.59 Å². The molecule has 1 N–H and O–H groups in total. The fourth-order valence-electron chi connectivity index (χ4n) is 2.44. The lowest BCUT2D eigenvalue weighted by molar-refractivity contribution is -0.121. The number of aromatic nitrogens is 2. The number of aromatic amines is 1. The van der Waals surface area contributed by atoms with Crippen LogP contribution >= 0.6 is 0 Å². The third-order valence-electron chi connectivity index (χ3n) is 3.53.